The van der Waals surface area contributed by atoms with E-state index in [1.165, 1.54) is 0 Å². The van der Waals surface area contributed by atoms with Crippen LogP contribution in [0.5, 0.6) is 0 Å². The maximum atomic E-state index is 12.4. The van der Waals surface area contributed by atoms with E-state index < -0.39 is 0 Å². The highest BCUT2D eigenvalue weighted by molar-refractivity contribution is 5.96. The van der Waals surface area contributed by atoms with Crippen LogP contribution in [0.4, 0.5) is 0 Å². The SMILES string of the molecule is CCC(/C=N\NC(=O)c1cc(C)n(-c2ccccc2)c1C)CC. The molecule has 0 saturated heterocycles. The highest BCUT2D eigenvalue weighted by atomic mass is 16.2. The minimum Gasteiger partial charge on any atom is -0.318 e. The molecule has 0 fully saturated rings. The first-order chi connectivity index (χ1) is 11.1. The van der Waals surface area contributed by atoms with Crippen LogP contribution >= 0.6 is 0 Å². The molecular weight excluding hydrogens is 286 g/mol. The van der Waals surface area contributed by atoms with Gasteiger partial charge < -0.3 is 4.57 Å². The van der Waals surface area contributed by atoms with Gasteiger partial charge >= 0.3 is 0 Å². The maximum absolute atomic E-state index is 12.4. The highest BCUT2D eigenvalue weighted by Crippen LogP contribution is 2.20. The largest absolute Gasteiger partial charge is 0.318 e. The van der Waals surface area contributed by atoms with Crippen molar-refractivity contribution in [3.8, 4) is 5.69 Å². The Kier molecular flexibility index (Phi) is 5.74. The number of para-hydroxylation sites is 1. The molecule has 4 nitrogen and oxygen atoms in total. The molecule has 0 atom stereocenters. The first-order valence-electron chi connectivity index (χ1n) is 8.16. The molecule has 0 unspecified atom stereocenters. The first kappa shape index (κ1) is 17.0. The van der Waals surface area contributed by atoms with Gasteiger partial charge in [0.15, 0.2) is 0 Å². The fraction of sp³-hybridized carbons (Fsp3) is 0.368. The topological polar surface area (TPSA) is 46.4 Å². The van der Waals surface area contributed by atoms with Crippen LogP contribution in [0.3, 0.4) is 0 Å². The molecule has 0 bridgehead atoms. The number of rotatable bonds is 6. The number of hydrazone groups is 1. The van der Waals surface area contributed by atoms with Gasteiger partial charge in [0.2, 0.25) is 0 Å². The minimum atomic E-state index is -0.164. The summed E-state index contributed by atoms with van der Waals surface area (Å²) in [6.07, 6.45) is 3.88. The summed E-state index contributed by atoms with van der Waals surface area (Å²) in [4.78, 5) is 12.4. The fourth-order valence-corrected chi connectivity index (χ4v) is 2.73. The molecule has 0 aliphatic rings. The number of hydrogen-bond donors (Lipinski definition) is 1. The van der Waals surface area contributed by atoms with E-state index >= 15 is 0 Å². The van der Waals surface area contributed by atoms with Crippen molar-refractivity contribution in [2.45, 2.75) is 40.5 Å². The van der Waals surface area contributed by atoms with E-state index in [0.29, 0.717) is 11.5 Å². The van der Waals surface area contributed by atoms with Crippen molar-refractivity contribution in [2.75, 3.05) is 0 Å². The van der Waals surface area contributed by atoms with Crippen LogP contribution in [0.15, 0.2) is 41.5 Å². The Bertz CT molecular complexity index is 682. The lowest BCUT2D eigenvalue weighted by Crippen LogP contribution is -2.19. The van der Waals surface area contributed by atoms with Crippen molar-refractivity contribution in [3.63, 3.8) is 0 Å². The van der Waals surface area contributed by atoms with Crippen LogP contribution in [0, 0.1) is 19.8 Å². The molecule has 0 aliphatic heterocycles. The van der Waals surface area contributed by atoms with E-state index in [9.17, 15) is 4.79 Å². The number of benzene rings is 1. The van der Waals surface area contributed by atoms with E-state index in [1.54, 1.807) is 0 Å². The maximum Gasteiger partial charge on any atom is 0.273 e. The quantitative estimate of drug-likeness (QED) is 0.629. The van der Waals surface area contributed by atoms with Crippen molar-refractivity contribution in [1.29, 1.82) is 0 Å². The van der Waals surface area contributed by atoms with Crippen molar-refractivity contribution >= 4 is 12.1 Å². The van der Waals surface area contributed by atoms with E-state index in [-0.39, 0.29) is 5.91 Å². The summed E-state index contributed by atoms with van der Waals surface area (Å²) in [6, 6.07) is 11.9. The van der Waals surface area contributed by atoms with Crippen molar-refractivity contribution < 1.29 is 4.79 Å². The molecule has 1 amide bonds. The molecule has 4 heteroatoms. The molecule has 2 aromatic rings. The molecule has 2 rings (SSSR count). The third-order valence-corrected chi connectivity index (χ3v) is 4.19. The van der Waals surface area contributed by atoms with Crippen molar-refractivity contribution in [2.24, 2.45) is 11.0 Å². The van der Waals surface area contributed by atoms with Gasteiger partial charge in [-0.3, -0.25) is 4.79 Å². The smallest absolute Gasteiger partial charge is 0.273 e. The van der Waals surface area contributed by atoms with Gasteiger partial charge in [0, 0.05) is 23.3 Å². The second kappa shape index (κ2) is 7.77. The summed E-state index contributed by atoms with van der Waals surface area (Å²) in [7, 11) is 0. The number of aromatic nitrogens is 1. The van der Waals surface area contributed by atoms with E-state index in [0.717, 1.165) is 29.9 Å². The van der Waals surface area contributed by atoms with Gasteiger partial charge in [-0.25, -0.2) is 5.43 Å². The van der Waals surface area contributed by atoms with E-state index in [2.05, 4.69) is 28.9 Å². The monoisotopic (exact) mass is 311 g/mol. The van der Waals surface area contributed by atoms with Crippen LogP contribution in [-0.4, -0.2) is 16.7 Å². The van der Waals surface area contributed by atoms with E-state index in [1.807, 2.05) is 56.5 Å². The summed E-state index contributed by atoms with van der Waals surface area (Å²) >= 11 is 0. The molecule has 0 spiro atoms. The van der Waals surface area contributed by atoms with Crippen LogP contribution in [0.1, 0.15) is 48.4 Å². The van der Waals surface area contributed by atoms with E-state index in [4.69, 9.17) is 0 Å². The average molecular weight is 311 g/mol. The molecule has 1 heterocycles. The Morgan fingerprint density at radius 3 is 2.48 bits per heavy atom. The standard InChI is InChI=1S/C19H25N3O/c1-5-16(6-2)13-20-21-19(23)18-12-14(3)22(15(18)4)17-10-8-7-9-11-17/h7-13,16H,5-6H2,1-4H3,(H,21,23)/b20-13-. The number of aryl methyl sites for hydroxylation is 1. The van der Waals surface area contributed by atoms with Gasteiger partial charge in [-0.15, -0.1) is 0 Å². The number of hydrogen-bond acceptors (Lipinski definition) is 2. The Balaban J connectivity index is 2.20. The Morgan fingerprint density at radius 2 is 1.87 bits per heavy atom. The van der Waals surface area contributed by atoms with Gasteiger partial charge in [0.05, 0.1) is 5.56 Å². The van der Waals surface area contributed by atoms with Crippen molar-refractivity contribution in [3.05, 3.63) is 53.3 Å². The molecule has 1 N–H and O–H groups in total. The highest BCUT2D eigenvalue weighted by Gasteiger charge is 2.16. The minimum absolute atomic E-state index is 0.164. The summed E-state index contributed by atoms with van der Waals surface area (Å²) in [5.41, 5.74) is 6.32. The molecule has 0 radical (unpaired) electrons. The summed E-state index contributed by atoms with van der Waals surface area (Å²) in [5, 5.41) is 4.11. The Morgan fingerprint density at radius 1 is 1.22 bits per heavy atom. The molecule has 1 aromatic heterocycles. The van der Waals surface area contributed by atoms with Crippen LogP contribution in [-0.2, 0) is 0 Å². The normalized spacial score (nSPS) is 11.3. The van der Waals surface area contributed by atoms with Gasteiger partial charge in [0.1, 0.15) is 0 Å². The Labute approximate surface area is 138 Å². The zero-order chi connectivity index (χ0) is 16.8. The van der Waals surface area contributed by atoms with Gasteiger partial charge in [-0.2, -0.15) is 5.10 Å². The molecule has 1 aromatic carbocycles. The summed E-state index contributed by atoms with van der Waals surface area (Å²) < 4.78 is 2.08. The van der Waals surface area contributed by atoms with Crippen LogP contribution in [0.2, 0.25) is 0 Å². The lowest BCUT2D eigenvalue weighted by atomic mass is 10.1. The van der Waals surface area contributed by atoms with Gasteiger partial charge in [-0.05, 0) is 50.8 Å². The van der Waals surface area contributed by atoms with Crippen LogP contribution < -0.4 is 5.43 Å². The van der Waals surface area contributed by atoms with Crippen molar-refractivity contribution in [1.82, 2.24) is 9.99 Å². The second-order valence-corrected chi connectivity index (χ2v) is 5.75. The third-order valence-electron chi connectivity index (χ3n) is 4.19. The zero-order valence-corrected chi connectivity index (χ0v) is 14.3. The van der Waals surface area contributed by atoms with Crippen LogP contribution in [0.25, 0.3) is 5.69 Å². The number of carbonyl (C=O) groups is 1. The number of nitrogens with one attached hydrogen (secondary N) is 1. The number of nitrogens with zero attached hydrogens (tertiary/aromatic N) is 2. The predicted molar refractivity (Wildman–Crippen MR) is 95.3 cm³/mol. The average Bonchev–Trinajstić information content (AvgIpc) is 2.87. The zero-order valence-electron chi connectivity index (χ0n) is 14.3. The molecule has 0 saturated carbocycles. The molecule has 23 heavy (non-hydrogen) atoms. The Hall–Kier alpha value is -2.36. The fourth-order valence-electron chi connectivity index (χ4n) is 2.73. The predicted octanol–water partition coefficient (Wildman–Crippen LogP) is 4.25. The third kappa shape index (κ3) is 3.89. The molecule has 0 aliphatic carbocycles. The lowest BCUT2D eigenvalue weighted by Gasteiger charge is -2.09. The number of carbonyl (C=O) groups excluding carboxylic acids is 1. The molecule has 122 valence electrons. The van der Waals surface area contributed by atoms with Gasteiger partial charge in [-0.1, -0.05) is 32.0 Å². The summed E-state index contributed by atoms with van der Waals surface area (Å²) in [6.45, 7) is 8.20. The molecular formula is C19H25N3O. The number of amides is 1. The lowest BCUT2D eigenvalue weighted by molar-refractivity contribution is 0.0954. The van der Waals surface area contributed by atoms with Gasteiger partial charge in [0.25, 0.3) is 5.91 Å². The first-order valence-corrected chi connectivity index (χ1v) is 8.16. The second-order valence-electron chi connectivity index (χ2n) is 5.75. The summed E-state index contributed by atoms with van der Waals surface area (Å²) in [5.74, 6) is 0.245.